The zero-order chi connectivity index (χ0) is 19.5. The first-order chi connectivity index (χ1) is 13.5. The molecule has 1 aliphatic heterocycles. The minimum absolute atomic E-state index is 0.111. The molecule has 3 N–H and O–H groups in total. The maximum absolute atomic E-state index is 12.9. The number of fused-ring (bicyclic) bond motifs is 3. The van der Waals surface area contributed by atoms with Crippen molar-refractivity contribution in [2.24, 2.45) is 0 Å². The molecule has 1 aromatic heterocycles. The number of hydrogen-bond donors (Lipinski definition) is 3. The summed E-state index contributed by atoms with van der Waals surface area (Å²) in [5, 5.41) is 7.02. The van der Waals surface area contributed by atoms with Crippen LogP contribution in [0.2, 0.25) is 0 Å². The van der Waals surface area contributed by atoms with Gasteiger partial charge in [0.15, 0.2) is 9.92 Å². The Kier molecular flexibility index (Phi) is 3.90. The van der Waals surface area contributed by atoms with Crippen LogP contribution >= 0.6 is 0 Å². The van der Waals surface area contributed by atoms with Crippen LogP contribution in [0.5, 0.6) is 5.88 Å². The first-order valence-corrected chi connectivity index (χ1v) is 11.2. The smallest absolute Gasteiger partial charge is 0.331 e. The lowest BCUT2D eigenvalue weighted by Gasteiger charge is -2.19. The Bertz CT molecular complexity index is 1070. The topological polar surface area (TPSA) is 109 Å². The van der Waals surface area contributed by atoms with Gasteiger partial charge < -0.3 is 10.1 Å². The fourth-order valence-corrected chi connectivity index (χ4v) is 5.82. The second-order valence-electron chi connectivity index (χ2n) is 7.62. The Balaban J connectivity index is 1.44. The molecule has 2 aromatic rings. The number of carbonyl (C=O) groups excluding carboxylic acids is 1. The summed E-state index contributed by atoms with van der Waals surface area (Å²) in [7, 11) is -3.57. The maximum Gasteiger partial charge on any atom is 0.331 e. The fraction of sp³-hybridized carbons (Fsp3) is 0.474. The molecule has 5 rings (SSSR count). The predicted octanol–water partition coefficient (Wildman–Crippen LogP) is 2.70. The van der Waals surface area contributed by atoms with E-state index in [1.807, 2.05) is 0 Å². The van der Waals surface area contributed by atoms with Gasteiger partial charge in [-0.25, -0.2) is 23.2 Å². The summed E-state index contributed by atoms with van der Waals surface area (Å²) < 4.78 is 30.4. The van der Waals surface area contributed by atoms with Gasteiger partial charge in [0.05, 0.1) is 12.7 Å². The van der Waals surface area contributed by atoms with Crippen LogP contribution in [0.15, 0.2) is 11.1 Å². The van der Waals surface area contributed by atoms with Crippen LogP contribution in [0.25, 0.3) is 0 Å². The number of ether oxygens (including phenoxy) is 1. The molecule has 148 valence electrons. The van der Waals surface area contributed by atoms with E-state index in [0.29, 0.717) is 19.0 Å². The molecule has 0 saturated carbocycles. The van der Waals surface area contributed by atoms with E-state index in [1.54, 1.807) is 4.68 Å². The monoisotopic (exact) mass is 401 g/mol. The standard InChI is InChI=1S/C19H23N5O3S/c1-11-12-4-2-6-14(12)17(15-7-3-5-13(11)15)22-19(25)23-28(20,26)16-10-21-24-8-9-27-18(16)24/h10H,2-9H2,1H3,(H3,20,22,23,25,26). The van der Waals surface area contributed by atoms with Crippen molar-refractivity contribution in [1.82, 2.24) is 14.5 Å². The summed E-state index contributed by atoms with van der Waals surface area (Å²) in [4.78, 5) is 12.8. The predicted molar refractivity (Wildman–Crippen MR) is 104 cm³/mol. The Morgan fingerprint density at radius 1 is 1.18 bits per heavy atom. The number of nitrogens with one attached hydrogen (secondary N) is 3. The van der Waals surface area contributed by atoms with E-state index in [9.17, 15) is 9.00 Å². The van der Waals surface area contributed by atoms with Crippen LogP contribution in [0.3, 0.4) is 0 Å². The summed E-state index contributed by atoms with van der Waals surface area (Å²) >= 11 is 0. The van der Waals surface area contributed by atoms with Crippen molar-refractivity contribution in [2.45, 2.75) is 56.9 Å². The van der Waals surface area contributed by atoms with Gasteiger partial charge in [-0.3, -0.25) is 0 Å². The van der Waals surface area contributed by atoms with E-state index in [0.717, 1.165) is 44.2 Å². The first-order valence-electron chi connectivity index (χ1n) is 9.68. The number of rotatable bonds is 3. The third kappa shape index (κ3) is 2.60. The van der Waals surface area contributed by atoms with E-state index in [4.69, 9.17) is 9.52 Å². The number of nitrogens with zero attached hydrogens (tertiary/aromatic N) is 2. The van der Waals surface area contributed by atoms with Crippen LogP contribution in [0.4, 0.5) is 10.5 Å². The highest BCUT2D eigenvalue weighted by Gasteiger charge is 2.30. The van der Waals surface area contributed by atoms with Crippen molar-refractivity contribution in [3.8, 4) is 5.88 Å². The highest BCUT2D eigenvalue weighted by Crippen LogP contribution is 2.41. The van der Waals surface area contributed by atoms with E-state index in [-0.39, 0.29) is 4.90 Å². The van der Waals surface area contributed by atoms with Crippen molar-refractivity contribution in [1.29, 1.82) is 4.78 Å². The molecule has 2 heterocycles. The number of aromatic nitrogens is 2. The average Bonchev–Trinajstić information content (AvgIpc) is 3.41. The summed E-state index contributed by atoms with van der Waals surface area (Å²) in [5.41, 5.74) is 7.37. The second-order valence-corrected chi connectivity index (χ2v) is 9.38. The van der Waals surface area contributed by atoms with Gasteiger partial charge in [-0.15, -0.1) is 0 Å². The quantitative estimate of drug-likeness (QED) is 0.734. The van der Waals surface area contributed by atoms with Gasteiger partial charge in [0.1, 0.15) is 11.5 Å². The van der Waals surface area contributed by atoms with Crippen LogP contribution in [-0.4, -0.2) is 26.6 Å². The molecule has 8 nitrogen and oxygen atoms in total. The molecule has 28 heavy (non-hydrogen) atoms. The average molecular weight is 401 g/mol. The van der Waals surface area contributed by atoms with Gasteiger partial charge in [-0.05, 0) is 73.3 Å². The van der Waals surface area contributed by atoms with Crippen LogP contribution in [0, 0.1) is 11.7 Å². The second kappa shape index (κ2) is 6.23. The maximum atomic E-state index is 12.9. The Morgan fingerprint density at radius 2 is 1.82 bits per heavy atom. The van der Waals surface area contributed by atoms with Crippen molar-refractivity contribution in [3.63, 3.8) is 0 Å². The third-order valence-electron chi connectivity index (χ3n) is 6.03. The molecule has 2 aliphatic carbocycles. The first kappa shape index (κ1) is 17.5. The minimum Gasteiger partial charge on any atom is -0.475 e. The van der Waals surface area contributed by atoms with Gasteiger partial charge in [0, 0.05) is 5.69 Å². The van der Waals surface area contributed by atoms with Crippen molar-refractivity contribution < 1.29 is 13.7 Å². The van der Waals surface area contributed by atoms with Crippen LogP contribution in [0.1, 0.15) is 40.7 Å². The molecule has 1 aromatic carbocycles. The highest BCUT2D eigenvalue weighted by molar-refractivity contribution is 7.91. The Morgan fingerprint density at radius 3 is 2.50 bits per heavy atom. The molecule has 0 fully saturated rings. The van der Waals surface area contributed by atoms with Gasteiger partial charge >= 0.3 is 6.03 Å². The molecule has 2 amide bonds. The zero-order valence-electron chi connectivity index (χ0n) is 15.8. The number of benzene rings is 1. The summed E-state index contributed by atoms with van der Waals surface area (Å²) in [6.45, 7) is 3.17. The van der Waals surface area contributed by atoms with Gasteiger partial charge in [0.2, 0.25) is 5.88 Å². The molecule has 0 radical (unpaired) electrons. The van der Waals surface area contributed by atoms with Gasteiger partial charge in [-0.2, -0.15) is 5.10 Å². The number of carbonyl (C=O) groups is 1. The normalized spacial score (nSPS) is 18.8. The summed E-state index contributed by atoms with van der Waals surface area (Å²) in [5.74, 6) is 0.303. The number of anilines is 1. The van der Waals surface area contributed by atoms with Crippen LogP contribution in [-0.2, 0) is 42.1 Å². The molecule has 0 saturated heterocycles. The number of amides is 2. The van der Waals surface area contributed by atoms with Gasteiger partial charge in [-0.1, -0.05) is 0 Å². The molecule has 3 aliphatic rings. The van der Waals surface area contributed by atoms with Crippen molar-refractivity contribution >= 4 is 21.6 Å². The Labute approximate surface area is 163 Å². The lowest BCUT2D eigenvalue weighted by Crippen LogP contribution is -2.34. The van der Waals surface area contributed by atoms with E-state index < -0.39 is 15.9 Å². The molecule has 1 atom stereocenters. The molecule has 0 spiro atoms. The third-order valence-corrected chi connectivity index (χ3v) is 7.40. The molecular weight excluding hydrogens is 378 g/mol. The molecular formula is C19H23N5O3S. The summed E-state index contributed by atoms with van der Waals surface area (Å²) in [6.07, 6.45) is 7.49. The fourth-order valence-electron chi connectivity index (χ4n) is 4.79. The largest absolute Gasteiger partial charge is 0.475 e. The van der Waals surface area contributed by atoms with Crippen molar-refractivity contribution in [2.75, 3.05) is 11.9 Å². The minimum atomic E-state index is -3.57. The molecule has 0 bridgehead atoms. The lowest BCUT2D eigenvalue weighted by molar-refractivity contribution is 0.256. The SMILES string of the molecule is Cc1c2c(c(NC(=O)NS(=N)(=O)c3cnn4c3OCC4)c3c1CCC3)CCC2. The van der Waals surface area contributed by atoms with Crippen molar-refractivity contribution in [3.05, 3.63) is 34.0 Å². The summed E-state index contributed by atoms with van der Waals surface area (Å²) in [6, 6.07) is -0.620. The number of urea groups is 1. The number of hydrogen-bond acceptors (Lipinski definition) is 5. The zero-order valence-corrected chi connectivity index (χ0v) is 16.6. The lowest BCUT2D eigenvalue weighted by atomic mass is 9.93. The van der Waals surface area contributed by atoms with Gasteiger partial charge in [0.25, 0.3) is 0 Å². The highest BCUT2D eigenvalue weighted by atomic mass is 32.2. The van der Waals surface area contributed by atoms with Crippen LogP contribution < -0.4 is 14.8 Å². The van der Waals surface area contributed by atoms with E-state index in [1.165, 1.54) is 34.0 Å². The van der Waals surface area contributed by atoms with E-state index >= 15 is 0 Å². The van der Waals surface area contributed by atoms with E-state index in [2.05, 4.69) is 22.1 Å². The Hall–Kier alpha value is -2.55. The molecule has 9 heteroatoms. The molecule has 1 unspecified atom stereocenters.